The van der Waals surface area contributed by atoms with Gasteiger partial charge in [-0.1, -0.05) is 60.1 Å². The summed E-state index contributed by atoms with van der Waals surface area (Å²) in [5, 5.41) is 1.57. The lowest BCUT2D eigenvalue weighted by Gasteiger charge is -2.09. The molecule has 0 fully saturated rings. The van der Waals surface area contributed by atoms with E-state index < -0.39 is 27.3 Å². The lowest BCUT2D eigenvalue weighted by molar-refractivity contribution is 0.0596. The summed E-state index contributed by atoms with van der Waals surface area (Å²) in [5.74, 6) is -2.15. The van der Waals surface area contributed by atoms with Crippen molar-refractivity contribution < 1.29 is 22.7 Å². The fourth-order valence-electron chi connectivity index (χ4n) is 3.55. The second-order valence-electron chi connectivity index (χ2n) is 7.70. The van der Waals surface area contributed by atoms with Crippen molar-refractivity contribution in [1.82, 2.24) is 4.98 Å². The van der Waals surface area contributed by atoms with Crippen LogP contribution in [0.15, 0.2) is 83.8 Å². The first-order valence-electron chi connectivity index (χ1n) is 10.5. The van der Waals surface area contributed by atoms with Crippen LogP contribution in [0, 0.1) is 0 Å². The summed E-state index contributed by atoms with van der Waals surface area (Å²) < 4.78 is 30.5. The van der Waals surface area contributed by atoms with Crippen molar-refractivity contribution in [1.29, 1.82) is 0 Å². The summed E-state index contributed by atoms with van der Waals surface area (Å²) in [4.78, 5) is 29.1. The Morgan fingerprint density at radius 2 is 1.71 bits per heavy atom. The summed E-state index contributed by atoms with van der Waals surface area (Å²) in [7, 11) is -2.91. The fraction of sp³-hybridized carbons (Fsp3) is 0.0741. The molecule has 3 aromatic carbocycles. The lowest BCUT2D eigenvalue weighted by atomic mass is 10.1. The molecule has 0 saturated carbocycles. The van der Waals surface area contributed by atoms with E-state index in [0.717, 1.165) is 10.9 Å². The standard InChI is InChI=1S/C27H20ClNO5S/c1-34-27(31)23-7-2-3-8-26(23)35(32,33)17-25(30)20-6-4-5-18(15-20)9-13-22-14-11-19-10-12-21(28)16-24(19)29-22/h2-16H,17H2,1H3/b13-9+. The average molecular weight is 506 g/mol. The number of benzene rings is 3. The number of hydrogen-bond acceptors (Lipinski definition) is 6. The molecule has 0 aliphatic rings. The highest BCUT2D eigenvalue weighted by molar-refractivity contribution is 7.92. The second kappa shape index (κ2) is 10.2. The number of nitrogens with zero attached hydrogens (tertiary/aromatic N) is 1. The van der Waals surface area contributed by atoms with E-state index in [1.54, 1.807) is 48.6 Å². The number of sulfone groups is 1. The highest BCUT2D eigenvalue weighted by atomic mass is 35.5. The number of pyridine rings is 1. The fourth-order valence-corrected chi connectivity index (χ4v) is 5.15. The van der Waals surface area contributed by atoms with Gasteiger partial charge in [0.15, 0.2) is 15.6 Å². The maximum absolute atomic E-state index is 12.9. The molecular formula is C27H20ClNO5S. The number of carbonyl (C=O) groups excluding carboxylic acids is 2. The van der Waals surface area contributed by atoms with Crippen molar-refractivity contribution >= 4 is 56.2 Å². The van der Waals surface area contributed by atoms with Crippen LogP contribution in [-0.2, 0) is 14.6 Å². The Bertz CT molecular complexity index is 1580. The van der Waals surface area contributed by atoms with Gasteiger partial charge in [0.05, 0.1) is 28.8 Å². The van der Waals surface area contributed by atoms with Gasteiger partial charge < -0.3 is 4.74 Å². The molecule has 0 N–H and O–H groups in total. The van der Waals surface area contributed by atoms with Crippen LogP contribution in [0.2, 0.25) is 5.02 Å². The smallest absolute Gasteiger partial charge is 0.339 e. The first kappa shape index (κ1) is 24.3. The number of halogens is 1. The molecule has 0 atom stereocenters. The predicted molar refractivity (Wildman–Crippen MR) is 136 cm³/mol. The Morgan fingerprint density at radius 3 is 2.51 bits per heavy atom. The van der Waals surface area contributed by atoms with Gasteiger partial charge >= 0.3 is 5.97 Å². The molecule has 1 aromatic heterocycles. The molecule has 6 nitrogen and oxygen atoms in total. The molecule has 8 heteroatoms. The summed E-state index contributed by atoms with van der Waals surface area (Å²) in [6.07, 6.45) is 3.59. The monoisotopic (exact) mass is 505 g/mol. The van der Waals surface area contributed by atoms with Crippen LogP contribution in [0.5, 0.6) is 0 Å². The zero-order chi connectivity index (χ0) is 25.0. The van der Waals surface area contributed by atoms with E-state index in [9.17, 15) is 18.0 Å². The maximum Gasteiger partial charge on any atom is 0.339 e. The van der Waals surface area contributed by atoms with Gasteiger partial charge in [0.1, 0.15) is 5.75 Å². The van der Waals surface area contributed by atoms with Gasteiger partial charge in [-0.15, -0.1) is 0 Å². The Kier molecular flexibility index (Phi) is 7.10. The van der Waals surface area contributed by atoms with Gasteiger partial charge in [0, 0.05) is 16.0 Å². The highest BCUT2D eigenvalue weighted by Gasteiger charge is 2.26. The predicted octanol–water partition coefficient (Wildman–Crippen LogP) is 5.50. The van der Waals surface area contributed by atoms with Gasteiger partial charge in [-0.05, 0) is 48.0 Å². The average Bonchev–Trinajstić information content (AvgIpc) is 2.86. The molecule has 0 spiro atoms. The largest absolute Gasteiger partial charge is 0.465 e. The third-order valence-corrected chi connectivity index (χ3v) is 7.18. The summed E-state index contributed by atoms with van der Waals surface area (Å²) >= 11 is 6.05. The molecule has 35 heavy (non-hydrogen) atoms. The van der Waals surface area contributed by atoms with E-state index in [0.29, 0.717) is 16.3 Å². The number of Topliss-reactive ketones (excluding diaryl/α,β-unsaturated/α-hetero) is 1. The van der Waals surface area contributed by atoms with E-state index in [1.165, 1.54) is 31.4 Å². The first-order chi connectivity index (χ1) is 16.8. The summed E-state index contributed by atoms with van der Waals surface area (Å²) in [6.45, 7) is 0. The molecule has 0 unspecified atom stereocenters. The Balaban J connectivity index is 1.55. The van der Waals surface area contributed by atoms with Crippen LogP contribution in [0.1, 0.15) is 32.0 Å². The first-order valence-corrected chi connectivity index (χ1v) is 12.6. The van der Waals surface area contributed by atoms with E-state index in [4.69, 9.17) is 11.6 Å². The van der Waals surface area contributed by atoms with Gasteiger partial charge in [0.2, 0.25) is 0 Å². The number of aromatic nitrogens is 1. The SMILES string of the molecule is COC(=O)c1ccccc1S(=O)(=O)CC(=O)c1cccc(/C=C/c2ccc3ccc(Cl)cc3n2)c1. The van der Waals surface area contributed by atoms with Crippen LogP contribution >= 0.6 is 11.6 Å². The zero-order valence-corrected chi connectivity index (χ0v) is 20.2. The van der Waals surface area contributed by atoms with Crippen molar-refractivity contribution in [3.63, 3.8) is 0 Å². The molecule has 0 saturated heterocycles. The minimum atomic E-state index is -4.08. The number of ketones is 1. The summed E-state index contributed by atoms with van der Waals surface area (Å²) in [6, 6.07) is 21.6. The van der Waals surface area contributed by atoms with Crippen LogP contribution in [-0.4, -0.2) is 38.0 Å². The Morgan fingerprint density at radius 1 is 0.943 bits per heavy atom. The van der Waals surface area contributed by atoms with Gasteiger partial charge in [-0.3, -0.25) is 4.79 Å². The van der Waals surface area contributed by atoms with Crippen molar-refractivity contribution in [2.24, 2.45) is 0 Å². The molecule has 176 valence electrons. The van der Waals surface area contributed by atoms with Gasteiger partial charge in [-0.2, -0.15) is 0 Å². The van der Waals surface area contributed by atoms with Crippen LogP contribution in [0.4, 0.5) is 0 Å². The number of esters is 1. The minimum Gasteiger partial charge on any atom is -0.465 e. The van der Waals surface area contributed by atoms with Crippen LogP contribution in [0.25, 0.3) is 23.1 Å². The normalized spacial score (nSPS) is 11.6. The van der Waals surface area contributed by atoms with Crippen molar-refractivity contribution in [2.45, 2.75) is 4.90 Å². The van der Waals surface area contributed by atoms with Crippen molar-refractivity contribution in [2.75, 3.05) is 12.9 Å². The lowest BCUT2D eigenvalue weighted by Crippen LogP contribution is -2.19. The van der Waals surface area contributed by atoms with E-state index >= 15 is 0 Å². The minimum absolute atomic E-state index is 0.108. The third-order valence-electron chi connectivity index (χ3n) is 5.28. The molecule has 0 aliphatic carbocycles. The molecule has 4 aromatic rings. The molecule has 0 radical (unpaired) electrons. The van der Waals surface area contributed by atoms with Gasteiger partial charge in [0.25, 0.3) is 0 Å². The second-order valence-corrected chi connectivity index (χ2v) is 10.1. The zero-order valence-electron chi connectivity index (χ0n) is 18.6. The summed E-state index contributed by atoms with van der Waals surface area (Å²) in [5.41, 5.74) is 2.31. The number of fused-ring (bicyclic) bond motifs is 1. The Labute approximate surface area is 207 Å². The van der Waals surface area contributed by atoms with Crippen LogP contribution < -0.4 is 0 Å². The van der Waals surface area contributed by atoms with E-state index in [1.807, 2.05) is 18.2 Å². The Hall–Kier alpha value is -3.81. The maximum atomic E-state index is 12.9. The molecule has 0 amide bonds. The van der Waals surface area contributed by atoms with Gasteiger partial charge in [-0.25, -0.2) is 18.2 Å². The molecule has 0 aliphatic heterocycles. The topological polar surface area (TPSA) is 90.4 Å². The molecule has 4 rings (SSSR count). The third kappa shape index (κ3) is 5.65. The number of rotatable bonds is 7. The number of hydrogen-bond donors (Lipinski definition) is 0. The quantitative estimate of drug-likeness (QED) is 0.243. The highest BCUT2D eigenvalue weighted by Crippen LogP contribution is 2.21. The molecular weight excluding hydrogens is 486 g/mol. The van der Waals surface area contributed by atoms with Crippen LogP contribution in [0.3, 0.4) is 0 Å². The molecule has 0 bridgehead atoms. The van der Waals surface area contributed by atoms with Crippen molar-refractivity contribution in [3.8, 4) is 0 Å². The van der Waals surface area contributed by atoms with Crippen molar-refractivity contribution in [3.05, 3.63) is 106 Å². The van der Waals surface area contributed by atoms with E-state index in [-0.39, 0.29) is 16.0 Å². The number of ether oxygens (including phenoxy) is 1. The number of methoxy groups -OCH3 is 1. The molecule has 1 heterocycles. The van der Waals surface area contributed by atoms with E-state index in [2.05, 4.69) is 9.72 Å². The number of carbonyl (C=O) groups is 2.